The maximum atomic E-state index is 12.1. The van der Waals surface area contributed by atoms with Gasteiger partial charge in [0.1, 0.15) is 17.5 Å². The van der Waals surface area contributed by atoms with Gasteiger partial charge in [-0.2, -0.15) is 5.26 Å². The smallest absolute Gasteiger partial charge is 0.245 e. The first-order valence-corrected chi connectivity index (χ1v) is 14.1. The van der Waals surface area contributed by atoms with Gasteiger partial charge in [0.25, 0.3) is 0 Å². The fourth-order valence-electron chi connectivity index (χ4n) is 6.77. The van der Waals surface area contributed by atoms with Crippen molar-refractivity contribution in [1.82, 2.24) is 19.9 Å². The van der Waals surface area contributed by atoms with E-state index >= 15 is 0 Å². The van der Waals surface area contributed by atoms with Crippen LogP contribution in [0, 0.1) is 30.6 Å². The molecule has 2 aliphatic heterocycles. The molecule has 3 aromatic rings. The summed E-state index contributed by atoms with van der Waals surface area (Å²) in [6.07, 6.45) is 6.82. The lowest BCUT2D eigenvalue weighted by Gasteiger charge is -2.47. The Kier molecular flexibility index (Phi) is 5.88. The highest BCUT2D eigenvalue weighted by atomic mass is 32.1. The van der Waals surface area contributed by atoms with Crippen LogP contribution in [0.15, 0.2) is 36.5 Å². The minimum Gasteiger partial charge on any atom is -0.355 e. The van der Waals surface area contributed by atoms with Gasteiger partial charge in [-0.1, -0.05) is 19.6 Å². The van der Waals surface area contributed by atoms with Crippen LogP contribution in [0.1, 0.15) is 52.7 Å². The van der Waals surface area contributed by atoms with Crippen molar-refractivity contribution < 1.29 is 4.79 Å². The van der Waals surface area contributed by atoms with E-state index in [-0.39, 0.29) is 16.7 Å². The van der Waals surface area contributed by atoms with Crippen molar-refractivity contribution in [3.8, 4) is 17.3 Å². The molecule has 8 heteroatoms. The normalized spacial score (nSPS) is 21.6. The second kappa shape index (κ2) is 9.02. The summed E-state index contributed by atoms with van der Waals surface area (Å²) in [5.74, 6) is 0.756. The van der Waals surface area contributed by atoms with Gasteiger partial charge < -0.3 is 9.80 Å². The summed E-state index contributed by atoms with van der Waals surface area (Å²) >= 11 is 1.73. The standard InChI is InChI=1S/C30H32N6OS/c1-5-24(37)36-16-30(17-36)10-12-35(15-30)28-22(14-31)25(26-19(2)7-6-11-32-26)21-8-9-29(4,13-23(21)34-28)27-20(3)33-18-38-27/h5-7,11,18H,1,8-10,12-13,15-17H2,2-4H3/t29-/m0/s1. The molecule has 3 aliphatic rings. The fraction of sp³-hybridized carbons (Fsp3) is 0.433. The predicted octanol–water partition coefficient (Wildman–Crippen LogP) is 4.76. The zero-order valence-electron chi connectivity index (χ0n) is 22.3. The quantitative estimate of drug-likeness (QED) is 0.458. The summed E-state index contributed by atoms with van der Waals surface area (Å²) in [5.41, 5.74) is 8.79. The van der Waals surface area contributed by atoms with Gasteiger partial charge in [-0.3, -0.25) is 9.78 Å². The number of fused-ring (bicyclic) bond motifs is 1. The molecule has 3 aromatic heterocycles. The molecular formula is C30H32N6OS. The van der Waals surface area contributed by atoms with Gasteiger partial charge in [-0.05, 0) is 56.4 Å². The molecule has 0 unspecified atom stereocenters. The van der Waals surface area contributed by atoms with Crippen molar-refractivity contribution >= 4 is 23.1 Å². The molecule has 1 aliphatic carbocycles. The second-order valence-corrected chi connectivity index (χ2v) is 12.3. The van der Waals surface area contributed by atoms with Gasteiger partial charge in [0, 0.05) is 65.8 Å². The van der Waals surface area contributed by atoms with E-state index < -0.39 is 0 Å². The van der Waals surface area contributed by atoms with E-state index in [9.17, 15) is 10.1 Å². The molecule has 0 aromatic carbocycles. The number of hydrogen-bond donors (Lipinski definition) is 0. The Labute approximate surface area is 227 Å². The maximum absolute atomic E-state index is 12.1. The van der Waals surface area contributed by atoms with Gasteiger partial charge in [0.15, 0.2) is 0 Å². The predicted molar refractivity (Wildman–Crippen MR) is 149 cm³/mol. The number of rotatable bonds is 4. The Bertz CT molecular complexity index is 1500. The number of nitrogens with zero attached hydrogens (tertiary/aromatic N) is 6. The first-order valence-electron chi connectivity index (χ1n) is 13.2. The van der Waals surface area contributed by atoms with Crippen molar-refractivity contribution in [3.05, 3.63) is 69.5 Å². The van der Waals surface area contributed by atoms with E-state index in [2.05, 4.69) is 49.4 Å². The van der Waals surface area contributed by atoms with E-state index in [1.54, 1.807) is 11.3 Å². The molecule has 2 saturated heterocycles. The largest absolute Gasteiger partial charge is 0.355 e. The van der Waals surface area contributed by atoms with Crippen molar-refractivity contribution in [1.29, 1.82) is 5.26 Å². The highest BCUT2D eigenvalue weighted by Gasteiger charge is 2.50. The molecular weight excluding hydrogens is 492 g/mol. The molecule has 1 spiro atoms. The van der Waals surface area contributed by atoms with E-state index in [1.807, 2.05) is 22.7 Å². The first-order chi connectivity index (χ1) is 18.3. The average Bonchev–Trinajstić information content (AvgIpc) is 3.54. The summed E-state index contributed by atoms with van der Waals surface area (Å²) in [6.45, 7) is 13.2. The topological polar surface area (TPSA) is 86.0 Å². The van der Waals surface area contributed by atoms with Crippen LogP contribution in [0.3, 0.4) is 0 Å². The fourth-order valence-corrected chi connectivity index (χ4v) is 7.77. The lowest BCUT2D eigenvalue weighted by atomic mass is 9.71. The summed E-state index contributed by atoms with van der Waals surface area (Å²) in [4.78, 5) is 32.1. The van der Waals surface area contributed by atoms with E-state index in [1.165, 1.54) is 11.0 Å². The molecule has 6 rings (SSSR count). The van der Waals surface area contributed by atoms with Gasteiger partial charge in [-0.25, -0.2) is 9.97 Å². The number of aromatic nitrogens is 3. The Morgan fingerprint density at radius 2 is 2.05 bits per heavy atom. The second-order valence-electron chi connectivity index (χ2n) is 11.5. The summed E-state index contributed by atoms with van der Waals surface area (Å²) in [5, 5.41) is 10.5. The number of aryl methyl sites for hydroxylation is 2. The number of carbonyl (C=O) groups is 1. The summed E-state index contributed by atoms with van der Waals surface area (Å²) < 4.78 is 0. The average molecular weight is 525 g/mol. The van der Waals surface area contributed by atoms with Gasteiger partial charge in [-0.15, -0.1) is 11.3 Å². The number of thiazole rings is 1. The first kappa shape index (κ1) is 24.7. The molecule has 1 atom stereocenters. The van der Waals surface area contributed by atoms with Gasteiger partial charge in [0.2, 0.25) is 5.91 Å². The van der Waals surface area contributed by atoms with Crippen LogP contribution in [0.2, 0.25) is 0 Å². The Morgan fingerprint density at radius 3 is 2.74 bits per heavy atom. The van der Waals surface area contributed by atoms with Crippen LogP contribution < -0.4 is 4.90 Å². The summed E-state index contributed by atoms with van der Waals surface area (Å²) in [7, 11) is 0. The molecule has 0 N–H and O–H groups in total. The zero-order valence-corrected chi connectivity index (χ0v) is 23.1. The zero-order chi connectivity index (χ0) is 26.7. The molecule has 0 radical (unpaired) electrons. The Morgan fingerprint density at radius 1 is 1.24 bits per heavy atom. The molecule has 5 heterocycles. The minimum atomic E-state index is -0.0428. The third-order valence-corrected chi connectivity index (χ3v) is 10.0. The van der Waals surface area contributed by atoms with Crippen LogP contribution in [0.4, 0.5) is 5.82 Å². The van der Waals surface area contributed by atoms with Crippen molar-refractivity contribution in [2.45, 2.75) is 51.9 Å². The van der Waals surface area contributed by atoms with E-state index in [0.717, 1.165) is 91.5 Å². The van der Waals surface area contributed by atoms with Crippen LogP contribution >= 0.6 is 11.3 Å². The number of likely N-dealkylation sites (tertiary alicyclic amines) is 1. The Hall–Kier alpha value is -3.57. The molecule has 2 fully saturated rings. The number of carbonyl (C=O) groups excluding carboxylic acids is 1. The highest BCUT2D eigenvalue weighted by Crippen LogP contribution is 2.47. The van der Waals surface area contributed by atoms with Crippen molar-refractivity contribution in [2.75, 3.05) is 31.1 Å². The van der Waals surface area contributed by atoms with Crippen LogP contribution in [-0.4, -0.2) is 51.9 Å². The molecule has 0 saturated carbocycles. The lowest BCUT2D eigenvalue weighted by Crippen LogP contribution is -2.59. The minimum absolute atomic E-state index is 0.00995. The van der Waals surface area contributed by atoms with Crippen LogP contribution in [-0.2, 0) is 23.1 Å². The summed E-state index contributed by atoms with van der Waals surface area (Å²) in [6, 6.07) is 6.55. The maximum Gasteiger partial charge on any atom is 0.245 e. The lowest BCUT2D eigenvalue weighted by molar-refractivity contribution is -0.136. The molecule has 38 heavy (non-hydrogen) atoms. The Balaban J connectivity index is 1.45. The van der Waals surface area contributed by atoms with E-state index in [4.69, 9.17) is 9.97 Å². The number of pyridine rings is 2. The molecule has 1 amide bonds. The highest BCUT2D eigenvalue weighted by molar-refractivity contribution is 7.09. The van der Waals surface area contributed by atoms with Gasteiger partial charge >= 0.3 is 0 Å². The number of anilines is 1. The third-order valence-electron chi connectivity index (χ3n) is 8.78. The number of nitriles is 1. The number of amides is 1. The van der Waals surface area contributed by atoms with Crippen molar-refractivity contribution in [2.24, 2.45) is 5.41 Å². The monoisotopic (exact) mass is 524 g/mol. The molecule has 194 valence electrons. The SMILES string of the molecule is C=CC(=O)N1CC2(CCN(c3nc4c(c(-c5ncccc5C)c3C#N)CC[C@](C)(c3scnc3C)C4)C2)C1. The number of hydrogen-bond acceptors (Lipinski definition) is 7. The molecule has 7 nitrogen and oxygen atoms in total. The van der Waals surface area contributed by atoms with E-state index in [0.29, 0.717) is 5.56 Å². The van der Waals surface area contributed by atoms with Crippen LogP contribution in [0.25, 0.3) is 11.3 Å². The third kappa shape index (κ3) is 3.83. The molecule has 0 bridgehead atoms. The van der Waals surface area contributed by atoms with Crippen LogP contribution in [0.5, 0.6) is 0 Å². The van der Waals surface area contributed by atoms with Crippen molar-refractivity contribution in [3.63, 3.8) is 0 Å². The van der Waals surface area contributed by atoms with Gasteiger partial charge in [0.05, 0.1) is 16.9 Å².